The van der Waals surface area contributed by atoms with E-state index in [0.29, 0.717) is 0 Å². The quantitative estimate of drug-likeness (QED) is 0.172. The summed E-state index contributed by atoms with van der Waals surface area (Å²) in [5, 5.41) is 2.47. The van der Waals surface area contributed by atoms with Crippen molar-refractivity contribution in [1.82, 2.24) is 0 Å². The Balaban J connectivity index is 1.16. The molecule has 0 fully saturated rings. The molecule has 1 nitrogen and oxygen atoms in total. The smallest absolute Gasteiger partial charge is 0.143 e. The third-order valence-electron chi connectivity index (χ3n) is 12.4. The first kappa shape index (κ1) is 31.1. The molecule has 0 radical (unpaired) electrons. The van der Waals surface area contributed by atoms with Gasteiger partial charge in [0.2, 0.25) is 0 Å². The van der Waals surface area contributed by atoms with Crippen molar-refractivity contribution in [2.75, 3.05) is 0 Å². The summed E-state index contributed by atoms with van der Waals surface area (Å²) >= 11 is 0. The number of fused-ring (bicyclic) bond motifs is 10. The first-order chi connectivity index (χ1) is 25.3. The summed E-state index contributed by atoms with van der Waals surface area (Å²) in [5.41, 5.74) is 19.4. The Morgan fingerprint density at radius 3 is 1.94 bits per heavy atom. The van der Waals surface area contributed by atoms with Crippen LogP contribution in [0.15, 0.2) is 156 Å². The molecule has 1 atom stereocenters. The highest BCUT2D eigenvalue weighted by Crippen LogP contribution is 2.54. The van der Waals surface area contributed by atoms with Crippen LogP contribution in [0.2, 0.25) is 0 Å². The van der Waals surface area contributed by atoms with Crippen molar-refractivity contribution in [3.8, 4) is 33.4 Å². The number of furan rings is 1. The van der Waals surface area contributed by atoms with E-state index in [9.17, 15) is 0 Å². The van der Waals surface area contributed by atoms with Gasteiger partial charge in [-0.2, -0.15) is 0 Å². The summed E-state index contributed by atoms with van der Waals surface area (Å²) in [6.45, 7) is 9.52. The number of hydrogen-bond donors (Lipinski definition) is 0. The lowest BCUT2D eigenvalue weighted by Crippen LogP contribution is -2.16. The van der Waals surface area contributed by atoms with Crippen LogP contribution in [0.5, 0.6) is 0 Å². The number of para-hydroxylation sites is 1. The molecule has 0 N–H and O–H groups in total. The second kappa shape index (κ2) is 11.4. The van der Waals surface area contributed by atoms with Gasteiger partial charge in [0.1, 0.15) is 11.2 Å². The van der Waals surface area contributed by atoms with E-state index in [1.54, 1.807) is 0 Å². The van der Waals surface area contributed by atoms with Crippen molar-refractivity contribution in [1.29, 1.82) is 0 Å². The monoisotopic (exact) mass is 670 g/mol. The predicted molar refractivity (Wildman–Crippen MR) is 217 cm³/mol. The van der Waals surface area contributed by atoms with E-state index in [1.165, 1.54) is 83.1 Å². The highest BCUT2D eigenvalue weighted by molar-refractivity contribution is 6.13. The van der Waals surface area contributed by atoms with Gasteiger partial charge in [0.15, 0.2) is 0 Å². The van der Waals surface area contributed by atoms with Gasteiger partial charge in [-0.15, -0.1) is 0 Å². The Morgan fingerprint density at radius 1 is 0.519 bits per heavy atom. The summed E-state index contributed by atoms with van der Waals surface area (Å²) in [5.74, 6) is 0.188. The number of aryl methyl sites for hydroxylation is 1. The Hall–Kier alpha value is -5.66. The van der Waals surface area contributed by atoms with Crippen LogP contribution in [0.4, 0.5) is 0 Å². The lowest BCUT2D eigenvalue weighted by molar-refractivity contribution is 0.648. The molecule has 0 amide bonds. The Morgan fingerprint density at radius 2 is 1.13 bits per heavy atom. The van der Waals surface area contributed by atoms with Crippen molar-refractivity contribution < 1.29 is 4.42 Å². The molecule has 7 aromatic carbocycles. The fraction of sp³-hybridized carbons (Fsp3) is 0.176. The minimum atomic E-state index is -0.117. The maximum Gasteiger partial charge on any atom is 0.143 e. The Labute approximate surface area is 306 Å². The molecule has 1 heterocycles. The van der Waals surface area contributed by atoms with Crippen LogP contribution in [0.3, 0.4) is 0 Å². The fourth-order valence-electron chi connectivity index (χ4n) is 9.75. The highest BCUT2D eigenvalue weighted by Gasteiger charge is 2.39. The van der Waals surface area contributed by atoms with Gasteiger partial charge in [-0.3, -0.25) is 0 Å². The van der Waals surface area contributed by atoms with Gasteiger partial charge in [0.25, 0.3) is 0 Å². The standard InChI is InChI=1S/C51H42O/c1-50(2)42-23-13-10-20-38(42)39-29-26-33(30-44(39)50)36(37-19-9-8-18-35(37)32-16-6-5-7-17-32)28-27-34-31-45-48(40-21-11-14-24-43(40)51(45,3)4)49-47(34)41-22-12-15-25-46(41)52-49/h5-26,29-31,36H,27-28H2,1-4H3. The van der Waals surface area contributed by atoms with Gasteiger partial charge in [-0.1, -0.05) is 173 Å². The van der Waals surface area contributed by atoms with Gasteiger partial charge >= 0.3 is 0 Å². The molecule has 0 spiro atoms. The van der Waals surface area contributed by atoms with Gasteiger partial charge < -0.3 is 4.42 Å². The van der Waals surface area contributed by atoms with Crippen LogP contribution in [0.1, 0.15) is 79.0 Å². The van der Waals surface area contributed by atoms with E-state index < -0.39 is 0 Å². The van der Waals surface area contributed by atoms with Gasteiger partial charge in [-0.05, 0) is 85.7 Å². The molecule has 10 rings (SSSR count). The minimum absolute atomic E-state index is 0.0616. The molecule has 52 heavy (non-hydrogen) atoms. The van der Waals surface area contributed by atoms with Crippen LogP contribution in [0, 0.1) is 0 Å². The molecule has 0 aliphatic heterocycles. The summed E-state index contributed by atoms with van der Waals surface area (Å²) in [7, 11) is 0. The molecule has 2 aliphatic rings. The molecule has 1 unspecified atom stereocenters. The molecule has 1 heteroatoms. The maximum atomic E-state index is 6.84. The van der Waals surface area contributed by atoms with E-state index in [1.807, 2.05) is 0 Å². The molecule has 0 saturated heterocycles. The molecular weight excluding hydrogens is 629 g/mol. The SMILES string of the molecule is CC1(C)c2ccccc2-c2ccc(C(CCc3cc4c(c5oc6ccccc6c35)-c3ccccc3C4(C)C)c3ccccc3-c3ccccc3)cc21. The molecule has 0 saturated carbocycles. The predicted octanol–water partition coefficient (Wildman–Crippen LogP) is 13.6. The van der Waals surface area contributed by atoms with Crippen molar-refractivity contribution in [3.63, 3.8) is 0 Å². The lowest BCUT2D eigenvalue weighted by atomic mass is 9.77. The van der Waals surface area contributed by atoms with Crippen LogP contribution in [-0.2, 0) is 17.3 Å². The number of hydrogen-bond acceptors (Lipinski definition) is 1. The van der Waals surface area contributed by atoms with Gasteiger partial charge in [-0.25, -0.2) is 0 Å². The molecule has 0 bridgehead atoms. The van der Waals surface area contributed by atoms with Crippen LogP contribution in [-0.4, -0.2) is 0 Å². The van der Waals surface area contributed by atoms with Crippen LogP contribution >= 0.6 is 0 Å². The van der Waals surface area contributed by atoms with Crippen molar-refractivity contribution >= 4 is 21.9 Å². The summed E-state index contributed by atoms with van der Waals surface area (Å²) in [6, 6.07) is 56.4. The van der Waals surface area contributed by atoms with Crippen molar-refractivity contribution in [2.45, 2.75) is 57.3 Å². The van der Waals surface area contributed by atoms with Crippen molar-refractivity contribution in [2.24, 2.45) is 0 Å². The zero-order valence-corrected chi connectivity index (χ0v) is 30.3. The average molecular weight is 671 g/mol. The first-order valence-electron chi connectivity index (χ1n) is 18.8. The average Bonchev–Trinajstić information content (AvgIpc) is 3.76. The van der Waals surface area contributed by atoms with Crippen LogP contribution < -0.4 is 0 Å². The maximum absolute atomic E-state index is 6.84. The topological polar surface area (TPSA) is 13.1 Å². The number of benzene rings is 7. The first-order valence-corrected chi connectivity index (χ1v) is 18.8. The third-order valence-corrected chi connectivity index (χ3v) is 12.4. The zero-order valence-electron chi connectivity index (χ0n) is 30.3. The summed E-state index contributed by atoms with van der Waals surface area (Å²) < 4.78 is 6.84. The zero-order chi connectivity index (χ0) is 35.2. The fourth-order valence-corrected chi connectivity index (χ4v) is 9.75. The largest absolute Gasteiger partial charge is 0.455 e. The van der Waals surface area contributed by atoms with E-state index in [0.717, 1.165) is 24.0 Å². The van der Waals surface area contributed by atoms with E-state index in [-0.39, 0.29) is 16.7 Å². The van der Waals surface area contributed by atoms with Crippen LogP contribution in [0.25, 0.3) is 55.3 Å². The molecule has 1 aromatic heterocycles. The molecule has 252 valence electrons. The normalized spacial score (nSPS) is 15.3. The van der Waals surface area contributed by atoms with Gasteiger partial charge in [0.05, 0.1) is 0 Å². The third kappa shape index (κ3) is 4.48. The summed E-state index contributed by atoms with van der Waals surface area (Å²) in [4.78, 5) is 0. The Kier molecular flexibility index (Phi) is 6.83. The second-order valence-electron chi connectivity index (χ2n) is 16.0. The second-order valence-corrected chi connectivity index (χ2v) is 16.0. The van der Waals surface area contributed by atoms with Gasteiger partial charge in [0, 0.05) is 33.1 Å². The van der Waals surface area contributed by atoms with E-state index in [4.69, 9.17) is 4.42 Å². The lowest BCUT2D eigenvalue weighted by Gasteiger charge is -2.26. The minimum Gasteiger partial charge on any atom is -0.455 e. The van der Waals surface area contributed by atoms with E-state index in [2.05, 4.69) is 179 Å². The molecule has 8 aromatic rings. The van der Waals surface area contributed by atoms with Crippen molar-refractivity contribution in [3.05, 3.63) is 191 Å². The van der Waals surface area contributed by atoms with E-state index >= 15 is 0 Å². The highest BCUT2D eigenvalue weighted by atomic mass is 16.3. The molecular formula is C51H42O. The Bertz CT molecular complexity index is 2690. The number of rotatable bonds is 6. The molecule has 2 aliphatic carbocycles. The summed E-state index contributed by atoms with van der Waals surface area (Å²) in [6.07, 6.45) is 1.89.